The number of halogens is 2. The first-order valence-electron chi connectivity index (χ1n) is 5.19. The average molecular weight is 355 g/mol. The van der Waals surface area contributed by atoms with Crippen LogP contribution in [0.15, 0.2) is 0 Å². The first-order chi connectivity index (χ1) is 7.25. The molecule has 0 aliphatic heterocycles. The molecular weight excluding hydrogens is 342 g/mol. The van der Waals surface area contributed by atoms with Gasteiger partial charge in [0.1, 0.15) is 0 Å². The highest BCUT2D eigenvalue weighted by molar-refractivity contribution is 9.10. The smallest absolute Gasteiger partial charge is 0.290 e. The summed E-state index contributed by atoms with van der Waals surface area (Å²) >= 11 is 6.54. The highest BCUT2D eigenvalue weighted by Gasteiger charge is 2.79. The van der Waals surface area contributed by atoms with Gasteiger partial charge in [-0.15, -0.1) is 0 Å². The Morgan fingerprint density at radius 3 is 2.44 bits per heavy atom. The Kier molecular flexibility index (Phi) is 2.56. The molecule has 2 aliphatic rings. The van der Waals surface area contributed by atoms with E-state index in [-0.39, 0.29) is 17.1 Å². The quantitative estimate of drug-likeness (QED) is 0.331. The Labute approximate surface area is 111 Å². The standard InChI is InChI=1S/C10H13Br2NO3/c1-8-4-3-6(9(8,2)5-11)10(12,7(8)14)13(15)16/h6H,3-5H2,1-2H3. The number of ketones is 1. The molecule has 2 rings (SSSR count). The second-order valence-corrected chi connectivity index (χ2v) is 7.00. The van der Waals surface area contributed by atoms with Gasteiger partial charge in [0.15, 0.2) is 0 Å². The van der Waals surface area contributed by atoms with E-state index >= 15 is 0 Å². The van der Waals surface area contributed by atoms with Gasteiger partial charge in [-0.3, -0.25) is 14.9 Å². The Hall–Kier alpha value is 0.0300. The molecule has 4 unspecified atom stereocenters. The van der Waals surface area contributed by atoms with E-state index in [2.05, 4.69) is 31.9 Å². The van der Waals surface area contributed by atoms with Crippen LogP contribution in [0.1, 0.15) is 26.7 Å². The number of nitro groups is 1. The van der Waals surface area contributed by atoms with Gasteiger partial charge in [0.05, 0.1) is 5.92 Å². The Morgan fingerprint density at radius 2 is 2.12 bits per heavy atom. The Bertz CT molecular complexity index is 388. The third-order valence-corrected chi connectivity index (χ3v) is 7.15. The van der Waals surface area contributed by atoms with E-state index in [1.807, 2.05) is 13.8 Å². The summed E-state index contributed by atoms with van der Waals surface area (Å²) in [5.41, 5.74) is -0.918. The maximum absolute atomic E-state index is 12.3. The van der Waals surface area contributed by atoms with E-state index in [1.54, 1.807) is 0 Å². The van der Waals surface area contributed by atoms with Crippen molar-refractivity contribution in [1.82, 2.24) is 0 Å². The first kappa shape index (κ1) is 12.5. The molecule has 2 fully saturated rings. The lowest BCUT2D eigenvalue weighted by atomic mass is 9.70. The molecule has 90 valence electrons. The summed E-state index contributed by atoms with van der Waals surface area (Å²) < 4.78 is -1.57. The lowest BCUT2D eigenvalue weighted by Crippen LogP contribution is -2.47. The topological polar surface area (TPSA) is 60.2 Å². The van der Waals surface area contributed by atoms with E-state index in [9.17, 15) is 14.9 Å². The number of alkyl halides is 2. The van der Waals surface area contributed by atoms with Crippen LogP contribution in [0.4, 0.5) is 0 Å². The largest absolute Gasteiger partial charge is 0.335 e. The van der Waals surface area contributed by atoms with Gasteiger partial charge in [-0.05, 0) is 12.8 Å². The van der Waals surface area contributed by atoms with Crippen LogP contribution in [0.2, 0.25) is 0 Å². The van der Waals surface area contributed by atoms with Gasteiger partial charge in [0.25, 0.3) is 0 Å². The van der Waals surface area contributed by atoms with Crippen molar-refractivity contribution in [3.63, 3.8) is 0 Å². The van der Waals surface area contributed by atoms with Crippen LogP contribution in [-0.4, -0.2) is 20.5 Å². The molecule has 0 aromatic heterocycles. The first-order valence-corrected chi connectivity index (χ1v) is 7.11. The van der Waals surface area contributed by atoms with Crippen molar-refractivity contribution in [3.05, 3.63) is 10.1 Å². The number of nitrogens with zero attached hydrogens (tertiary/aromatic N) is 1. The zero-order chi connectivity index (χ0) is 12.4. The lowest BCUT2D eigenvalue weighted by molar-refractivity contribution is -0.529. The fraction of sp³-hybridized carbons (Fsp3) is 0.900. The van der Waals surface area contributed by atoms with Crippen LogP contribution in [-0.2, 0) is 4.79 Å². The maximum atomic E-state index is 12.3. The summed E-state index contributed by atoms with van der Waals surface area (Å²) in [6.45, 7) is 3.84. The minimum atomic E-state index is -1.57. The monoisotopic (exact) mass is 353 g/mol. The molecule has 0 amide bonds. The van der Waals surface area contributed by atoms with Gasteiger partial charge in [0.2, 0.25) is 5.78 Å². The molecule has 0 radical (unpaired) electrons. The van der Waals surface area contributed by atoms with Gasteiger partial charge >= 0.3 is 4.45 Å². The number of Topliss-reactive ketones (excluding diaryl/α,β-unsaturated/α-hetero) is 1. The summed E-state index contributed by atoms with van der Waals surface area (Å²) in [4.78, 5) is 23.1. The summed E-state index contributed by atoms with van der Waals surface area (Å²) in [6.07, 6.45) is 1.48. The number of hydrogen-bond donors (Lipinski definition) is 0. The van der Waals surface area contributed by atoms with Gasteiger partial charge in [-0.25, -0.2) is 0 Å². The molecule has 0 heterocycles. The van der Waals surface area contributed by atoms with Crippen molar-refractivity contribution in [2.75, 3.05) is 5.33 Å². The predicted molar refractivity (Wildman–Crippen MR) is 66.4 cm³/mol. The van der Waals surface area contributed by atoms with E-state index in [4.69, 9.17) is 0 Å². The third kappa shape index (κ3) is 1.03. The molecule has 2 bridgehead atoms. The van der Waals surface area contributed by atoms with Crippen molar-refractivity contribution >= 4 is 37.6 Å². The SMILES string of the molecule is CC12CCC(C(Br)([N+](=O)[O-])C1=O)C2(C)CBr. The van der Waals surface area contributed by atoms with Crippen molar-refractivity contribution < 1.29 is 9.72 Å². The van der Waals surface area contributed by atoms with E-state index < -0.39 is 14.8 Å². The average Bonchev–Trinajstić information content (AvgIpc) is 2.56. The van der Waals surface area contributed by atoms with Crippen LogP contribution >= 0.6 is 31.9 Å². The fourth-order valence-corrected chi connectivity index (χ4v) is 5.59. The minimum absolute atomic E-state index is 0.230. The molecule has 2 aliphatic carbocycles. The zero-order valence-electron chi connectivity index (χ0n) is 9.13. The highest BCUT2D eigenvalue weighted by Crippen LogP contribution is 2.69. The number of carbonyl (C=O) groups excluding carboxylic acids is 1. The van der Waals surface area contributed by atoms with Crippen molar-refractivity contribution in [3.8, 4) is 0 Å². The summed E-state index contributed by atoms with van der Waals surface area (Å²) in [5, 5.41) is 11.8. The fourth-order valence-electron chi connectivity index (χ4n) is 3.40. The molecule has 4 nitrogen and oxygen atoms in total. The molecule has 6 heteroatoms. The summed E-state index contributed by atoms with van der Waals surface area (Å²) in [6, 6.07) is 0. The van der Waals surface area contributed by atoms with Crippen LogP contribution in [0.25, 0.3) is 0 Å². The Morgan fingerprint density at radius 1 is 1.56 bits per heavy atom. The van der Waals surface area contributed by atoms with Gasteiger partial charge < -0.3 is 0 Å². The van der Waals surface area contributed by atoms with E-state index in [1.165, 1.54) is 0 Å². The molecular formula is C10H13Br2NO3. The number of fused-ring (bicyclic) bond motifs is 2. The number of hydrogen-bond acceptors (Lipinski definition) is 3. The van der Waals surface area contributed by atoms with Crippen LogP contribution < -0.4 is 0 Å². The number of rotatable bonds is 2. The lowest BCUT2D eigenvalue weighted by Gasteiger charge is -2.33. The predicted octanol–water partition coefficient (Wildman–Crippen LogP) is 2.75. The second kappa shape index (κ2) is 3.28. The van der Waals surface area contributed by atoms with Crippen molar-refractivity contribution in [2.24, 2.45) is 16.7 Å². The molecule has 16 heavy (non-hydrogen) atoms. The maximum Gasteiger partial charge on any atom is 0.335 e. The van der Waals surface area contributed by atoms with Crippen LogP contribution in [0, 0.1) is 26.9 Å². The van der Waals surface area contributed by atoms with E-state index in [0.717, 1.165) is 12.8 Å². The minimum Gasteiger partial charge on any atom is -0.290 e. The molecule has 2 saturated carbocycles. The summed E-state index contributed by atoms with van der Waals surface area (Å²) in [5.74, 6) is -0.491. The second-order valence-electron chi connectivity index (χ2n) is 5.23. The number of carbonyl (C=O) groups is 1. The van der Waals surface area contributed by atoms with Gasteiger partial charge in [-0.2, -0.15) is 0 Å². The molecule has 0 saturated heterocycles. The molecule has 0 N–H and O–H groups in total. The molecule has 0 spiro atoms. The van der Waals surface area contributed by atoms with E-state index in [0.29, 0.717) is 5.33 Å². The normalized spacial score (nSPS) is 51.0. The van der Waals surface area contributed by atoms with Crippen LogP contribution in [0.5, 0.6) is 0 Å². The highest BCUT2D eigenvalue weighted by atomic mass is 79.9. The van der Waals surface area contributed by atoms with Crippen LogP contribution in [0.3, 0.4) is 0 Å². The zero-order valence-corrected chi connectivity index (χ0v) is 12.3. The van der Waals surface area contributed by atoms with Crippen molar-refractivity contribution in [1.29, 1.82) is 0 Å². The molecule has 4 atom stereocenters. The third-order valence-electron chi connectivity index (χ3n) is 4.79. The molecule has 0 aromatic rings. The van der Waals surface area contributed by atoms with Gasteiger partial charge in [-0.1, -0.05) is 29.8 Å². The Balaban J connectivity index is 2.61. The van der Waals surface area contributed by atoms with Crippen molar-refractivity contribution in [2.45, 2.75) is 31.1 Å². The molecule has 0 aromatic carbocycles. The van der Waals surface area contributed by atoms with Gasteiger partial charge in [0, 0.05) is 37.0 Å². The summed E-state index contributed by atoms with van der Waals surface area (Å²) in [7, 11) is 0.